The van der Waals surface area contributed by atoms with E-state index in [2.05, 4.69) is 52.4 Å². The van der Waals surface area contributed by atoms with Gasteiger partial charge in [0.1, 0.15) is 5.75 Å². The summed E-state index contributed by atoms with van der Waals surface area (Å²) in [5, 5.41) is 3.40. The Morgan fingerprint density at radius 1 is 1.17 bits per heavy atom. The maximum Gasteiger partial charge on any atom is 0.123 e. The summed E-state index contributed by atoms with van der Waals surface area (Å²) in [5.41, 5.74) is 3.49. The smallest absolute Gasteiger partial charge is 0.123 e. The summed E-state index contributed by atoms with van der Waals surface area (Å²) in [5.74, 6) is 0.916. The maximum absolute atomic E-state index is 5.33. The maximum atomic E-state index is 5.33. The van der Waals surface area contributed by atoms with Crippen molar-refractivity contribution in [3.63, 3.8) is 0 Å². The quantitative estimate of drug-likeness (QED) is 0.905. The third-order valence-corrected chi connectivity index (χ3v) is 3.72. The minimum atomic E-state index is 0.755. The average Bonchev–Trinajstić information content (AvgIpc) is 2.40. The van der Waals surface area contributed by atoms with Gasteiger partial charge in [0, 0.05) is 22.3 Å². The normalized spacial score (nSPS) is 10.2. The highest BCUT2D eigenvalue weighted by Gasteiger charge is 2.02. The summed E-state index contributed by atoms with van der Waals surface area (Å²) in [4.78, 5) is 0. The Hall–Kier alpha value is -1.48. The molecule has 0 amide bonds. The van der Waals surface area contributed by atoms with Gasteiger partial charge in [0.15, 0.2) is 0 Å². The Labute approximate surface area is 116 Å². The van der Waals surface area contributed by atoms with E-state index in [1.54, 1.807) is 7.11 Å². The van der Waals surface area contributed by atoms with Gasteiger partial charge >= 0.3 is 0 Å². The molecule has 0 aliphatic carbocycles. The first-order valence-electron chi connectivity index (χ1n) is 5.82. The molecule has 94 valence electrons. The third kappa shape index (κ3) is 3.05. The molecule has 0 fully saturated rings. The van der Waals surface area contributed by atoms with Crippen molar-refractivity contribution in [1.29, 1.82) is 0 Å². The number of hydrogen-bond donors (Lipinski definition) is 1. The summed E-state index contributed by atoms with van der Waals surface area (Å²) in [7, 11) is 1.70. The standard InChI is InChI=1S/C15H16BrNO/c1-11-9-13(7-8-14(11)16)17-10-12-5-3-4-6-15(12)18-2/h3-9,17H,10H2,1-2H3. The van der Waals surface area contributed by atoms with Crippen LogP contribution in [0.3, 0.4) is 0 Å². The van der Waals surface area contributed by atoms with Crippen LogP contribution in [-0.4, -0.2) is 7.11 Å². The van der Waals surface area contributed by atoms with Gasteiger partial charge in [0.05, 0.1) is 7.11 Å². The highest BCUT2D eigenvalue weighted by Crippen LogP contribution is 2.22. The van der Waals surface area contributed by atoms with E-state index < -0.39 is 0 Å². The Morgan fingerprint density at radius 3 is 2.67 bits per heavy atom. The van der Waals surface area contributed by atoms with Crippen LogP contribution in [0.4, 0.5) is 5.69 Å². The minimum absolute atomic E-state index is 0.755. The van der Waals surface area contributed by atoms with Crippen LogP contribution < -0.4 is 10.1 Å². The Kier molecular flexibility index (Phi) is 4.26. The summed E-state index contributed by atoms with van der Waals surface area (Å²) < 4.78 is 6.46. The number of methoxy groups -OCH3 is 1. The molecular formula is C15H16BrNO. The van der Waals surface area contributed by atoms with Gasteiger partial charge in [-0.2, -0.15) is 0 Å². The SMILES string of the molecule is COc1ccccc1CNc1ccc(Br)c(C)c1. The molecule has 18 heavy (non-hydrogen) atoms. The number of ether oxygens (including phenoxy) is 1. The van der Waals surface area contributed by atoms with Gasteiger partial charge in [-0.3, -0.25) is 0 Å². The Morgan fingerprint density at radius 2 is 1.94 bits per heavy atom. The van der Waals surface area contributed by atoms with Gasteiger partial charge in [-0.25, -0.2) is 0 Å². The fraction of sp³-hybridized carbons (Fsp3) is 0.200. The van der Waals surface area contributed by atoms with E-state index in [0.717, 1.165) is 28.0 Å². The van der Waals surface area contributed by atoms with Gasteiger partial charge in [-0.05, 0) is 36.8 Å². The number of hydrogen-bond acceptors (Lipinski definition) is 2. The number of halogens is 1. The molecule has 0 saturated heterocycles. The topological polar surface area (TPSA) is 21.3 Å². The highest BCUT2D eigenvalue weighted by molar-refractivity contribution is 9.10. The lowest BCUT2D eigenvalue weighted by Gasteiger charge is -2.11. The van der Waals surface area contributed by atoms with Gasteiger partial charge < -0.3 is 10.1 Å². The Bertz CT molecular complexity index is 540. The van der Waals surface area contributed by atoms with Crippen LogP contribution in [-0.2, 0) is 6.54 Å². The zero-order valence-corrected chi connectivity index (χ0v) is 12.1. The number of rotatable bonds is 4. The number of benzene rings is 2. The van der Waals surface area contributed by atoms with Crippen LogP contribution in [0.2, 0.25) is 0 Å². The number of anilines is 1. The van der Waals surface area contributed by atoms with E-state index in [0.29, 0.717) is 0 Å². The van der Waals surface area contributed by atoms with E-state index in [-0.39, 0.29) is 0 Å². The van der Waals surface area contributed by atoms with Crippen molar-refractivity contribution < 1.29 is 4.74 Å². The van der Waals surface area contributed by atoms with Crippen molar-refractivity contribution in [3.05, 3.63) is 58.1 Å². The van der Waals surface area contributed by atoms with E-state index >= 15 is 0 Å². The van der Waals surface area contributed by atoms with E-state index in [4.69, 9.17) is 4.74 Å². The van der Waals surface area contributed by atoms with Crippen molar-refractivity contribution >= 4 is 21.6 Å². The van der Waals surface area contributed by atoms with Crippen molar-refractivity contribution in [2.24, 2.45) is 0 Å². The van der Waals surface area contributed by atoms with Crippen LogP contribution in [0.1, 0.15) is 11.1 Å². The summed E-state index contributed by atoms with van der Waals surface area (Å²) in [6.07, 6.45) is 0. The van der Waals surface area contributed by atoms with Crippen LogP contribution >= 0.6 is 15.9 Å². The molecule has 0 radical (unpaired) electrons. The minimum Gasteiger partial charge on any atom is -0.496 e. The van der Waals surface area contributed by atoms with E-state index in [1.807, 2.05) is 18.2 Å². The average molecular weight is 306 g/mol. The first kappa shape index (κ1) is 13.0. The van der Waals surface area contributed by atoms with Crippen molar-refractivity contribution in [2.45, 2.75) is 13.5 Å². The molecule has 0 heterocycles. The number of aryl methyl sites for hydroxylation is 1. The number of para-hydroxylation sites is 1. The van der Waals surface area contributed by atoms with Gasteiger partial charge in [-0.1, -0.05) is 34.1 Å². The molecule has 0 spiro atoms. The van der Waals surface area contributed by atoms with Crippen molar-refractivity contribution in [2.75, 3.05) is 12.4 Å². The third-order valence-electron chi connectivity index (χ3n) is 2.83. The fourth-order valence-corrected chi connectivity index (χ4v) is 2.05. The summed E-state index contributed by atoms with van der Waals surface area (Å²) >= 11 is 3.50. The largest absolute Gasteiger partial charge is 0.496 e. The molecule has 2 rings (SSSR count). The second kappa shape index (κ2) is 5.91. The fourth-order valence-electron chi connectivity index (χ4n) is 1.80. The number of nitrogens with one attached hydrogen (secondary N) is 1. The zero-order chi connectivity index (χ0) is 13.0. The molecule has 2 aromatic carbocycles. The molecular weight excluding hydrogens is 290 g/mol. The molecule has 0 unspecified atom stereocenters. The van der Waals surface area contributed by atoms with Crippen molar-refractivity contribution in [3.8, 4) is 5.75 Å². The molecule has 3 heteroatoms. The van der Waals surface area contributed by atoms with Crippen molar-refractivity contribution in [1.82, 2.24) is 0 Å². The summed E-state index contributed by atoms with van der Waals surface area (Å²) in [6.45, 7) is 2.84. The molecule has 2 aromatic rings. The Balaban J connectivity index is 2.09. The lowest BCUT2D eigenvalue weighted by molar-refractivity contribution is 0.410. The van der Waals surface area contributed by atoms with Crippen LogP contribution in [0.15, 0.2) is 46.9 Å². The molecule has 0 aromatic heterocycles. The molecule has 0 bridgehead atoms. The first-order valence-corrected chi connectivity index (χ1v) is 6.62. The van der Waals surface area contributed by atoms with Crippen LogP contribution in [0.5, 0.6) is 5.75 Å². The summed E-state index contributed by atoms with van der Waals surface area (Å²) in [6, 6.07) is 14.3. The lowest BCUT2D eigenvalue weighted by atomic mass is 10.2. The van der Waals surface area contributed by atoms with Gasteiger partial charge in [-0.15, -0.1) is 0 Å². The van der Waals surface area contributed by atoms with E-state index in [9.17, 15) is 0 Å². The van der Waals surface area contributed by atoms with Crippen LogP contribution in [0.25, 0.3) is 0 Å². The predicted octanol–water partition coefficient (Wildman–Crippen LogP) is 4.38. The zero-order valence-electron chi connectivity index (χ0n) is 10.5. The lowest BCUT2D eigenvalue weighted by Crippen LogP contribution is -2.01. The monoisotopic (exact) mass is 305 g/mol. The molecule has 1 N–H and O–H groups in total. The van der Waals surface area contributed by atoms with Gasteiger partial charge in [0.25, 0.3) is 0 Å². The predicted molar refractivity (Wildman–Crippen MR) is 79.2 cm³/mol. The second-order valence-electron chi connectivity index (χ2n) is 4.13. The molecule has 2 nitrogen and oxygen atoms in total. The molecule has 0 aliphatic heterocycles. The first-order chi connectivity index (χ1) is 8.70. The molecule has 0 aliphatic rings. The molecule has 0 atom stereocenters. The van der Waals surface area contributed by atoms with Crippen LogP contribution in [0, 0.1) is 6.92 Å². The van der Waals surface area contributed by atoms with E-state index in [1.165, 1.54) is 5.56 Å². The highest BCUT2D eigenvalue weighted by atomic mass is 79.9. The second-order valence-corrected chi connectivity index (χ2v) is 4.98. The molecule has 0 saturated carbocycles. The van der Waals surface area contributed by atoms with Gasteiger partial charge in [0.2, 0.25) is 0 Å².